The zero-order chi connectivity index (χ0) is 20.0. The first kappa shape index (κ1) is 20.6. The Balaban J connectivity index is 0.000000223. The highest BCUT2D eigenvalue weighted by Crippen LogP contribution is 2.15. The highest BCUT2D eigenvalue weighted by atomic mass is 16.6. The van der Waals surface area contributed by atoms with Gasteiger partial charge in [0.05, 0.1) is 11.5 Å². The fraction of sp³-hybridized carbons (Fsp3) is 0.278. The summed E-state index contributed by atoms with van der Waals surface area (Å²) in [6.07, 6.45) is -5.23. The fourth-order valence-electron chi connectivity index (χ4n) is 2.28. The first-order chi connectivity index (χ1) is 12.8. The van der Waals surface area contributed by atoms with Crippen LogP contribution in [0.3, 0.4) is 0 Å². The van der Waals surface area contributed by atoms with Gasteiger partial charge in [0.25, 0.3) is 5.69 Å². The highest BCUT2D eigenvalue weighted by molar-refractivity contribution is 6.09. The lowest BCUT2D eigenvalue weighted by Crippen LogP contribution is -2.52. The number of hydrogen-bond acceptors (Lipinski definition) is 8. The second kappa shape index (κ2) is 9.31. The largest absolute Gasteiger partial charge is 0.388 e. The molecular formula is C18H19NO8. The van der Waals surface area contributed by atoms with Crippen molar-refractivity contribution >= 4 is 11.5 Å². The highest BCUT2D eigenvalue weighted by Gasteiger charge is 2.36. The van der Waals surface area contributed by atoms with Gasteiger partial charge < -0.3 is 25.2 Å². The SMILES string of the molecule is O=C(c1ccccc1)c1ccc([N+](=O)[O-])cc1.O[C@@H]1[C@@H](O)[C@@H](O)OC[C@@H]1O. The lowest BCUT2D eigenvalue weighted by molar-refractivity contribution is -0.384. The van der Waals surface area contributed by atoms with E-state index in [0.29, 0.717) is 11.1 Å². The average molecular weight is 377 g/mol. The topological polar surface area (TPSA) is 150 Å². The summed E-state index contributed by atoms with van der Waals surface area (Å²) in [7, 11) is 0. The summed E-state index contributed by atoms with van der Waals surface area (Å²) in [5, 5.41) is 45.7. The smallest absolute Gasteiger partial charge is 0.269 e. The van der Waals surface area contributed by atoms with Gasteiger partial charge in [-0.15, -0.1) is 0 Å². The molecule has 1 saturated heterocycles. The third-order valence-corrected chi connectivity index (χ3v) is 3.85. The Morgan fingerprint density at radius 1 is 0.926 bits per heavy atom. The second-order valence-electron chi connectivity index (χ2n) is 5.77. The van der Waals surface area contributed by atoms with Crippen molar-refractivity contribution in [1.82, 2.24) is 0 Å². The molecule has 1 fully saturated rings. The van der Waals surface area contributed by atoms with Crippen molar-refractivity contribution in [2.75, 3.05) is 6.61 Å². The Bertz CT molecular complexity index is 751. The van der Waals surface area contributed by atoms with Crippen LogP contribution in [-0.2, 0) is 4.74 Å². The molecule has 2 aromatic rings. The van der Waals surface area contributed by atoms with Crippen LogP contribution in [0.2, 0.25) is 0 Å². The van der Waals surface area contributed by atoms with Crippen molar-refractivity contribution in [3.8, 4) is 0 Å². The molecule has 0 aliphatic carbocycles. The minimum Gasteiger partial charge on any atom is -0.388 e. The predicted molar refractivity (Wildman–Crippen MR) is 93.0 cm³/mol. The van der Waals surface area contributed by atoms with E-state index in [1.165, 1.54) is 24.3 Å². The van der Waals surface area contributed by atoms with Crippen molar-refractivity contribution < 1.29 is 34.9 Å². The van der Waals surface area contributed by atoms with Crippen molar-refractivity contribution in [2.24, 2.45) is 0 Å². The number of rotatable bonds is 3. The van der Waals surface area contributed by atoms with E-state index in [4.69, 9.17) is 20.4 Å². The van der Waals surface area contributed by atoms with E-state index in [1.54, 1.807) is 24.3 Å². The average Bonchev–Trinajstić information content (AvgIpc) is 2.70. The summed E-state index contributed by atoms with van der Waals surface area (Å²) in [5.41, 5.74) is 0.998. The first-order valence-electron chi connectivity index (χ1n) is 7.99. The molecule has 9 nitrogen and oxygen atoms in total. The Hall–Kier alpha value is -2.69. The zero-order valence-corrected chi connectivity index (χ0v) is 14.1. The van der Waals surface area contributed by atoms with Crippen molar-refractivity contribution in [2.45, 2.75) is 24.6 Å². The lowest BCUT2D eigenvalue weighted by atomic mass is 10.0. The summed E-state index contributed by atoms with van der Waals surface area (Å²) < 4.78 is 4.47. The number of ether oxygens (including phenoxy) is 1. The molecule has 1 heterocycles. The molecule has 4 atom stereocenters. The van der Waals surface area contributed by atoms with E-state index in [9.17, 15) is 14.9 Å². The minimum atomic E-state index is -1.41. The molecule has 0 amide bonds. The number of carbonyl (C=O) groups is 1. The Kier molecular flexibility index (Phi) is 7.11. The Labute approximate surface area is 154 Å². The number of nitrogens with zero attached hydrogens (tertiary/aromatic N) is 1. The van der Waals surface area contributed by atoms with Gasteiger partial charge in [-0.05, 0) is 12.1 Å². The van der Waals surface area contributed by atoms with Gasteiger partial charge in [0.1, 0.15) is 18.3 Å². The van der Waals surface area contributed by atoms with Gasteiger partial charge in [-0.1, -0.05) is 30.3 Å². The van der Waals surface area contributed by atoms with Crippen LogP contribution >= 0.6 is 0 Å². The maximum atomic E-state index is 12.0. The van der Waals surface area contributed by atoms with Crippen LogP contribution in [0.15, 0.2) is 54.6 Å². The normalized spacial score (nSPS) is 24.4. The summed E-state index contributed by atoms with van der Waals surface area (Å²) >= 11 is 0. The third kappa shape index (κ3) is 5.39. The van der Waals surface area contributed by atoms with Crippen LogP contribution in [0.5, 0.6) is 0 Å². The molecule has 0 unspecified atom stereocenters. The van der Waals surface area contributed by atoms with Crippen LogP contribution in [-0.4, -0.2) is 62.3 Å². The van der Waals surface area contributed by atoms with Gasteiger partial charge in [-0.25, -0.2) is 0 Å². The van der Waals surface area contributed by atoms with Gasteiger partial charge in [0.2, 0.25) is 0 Å². The molecule has 0 spiro atoms. The monoisotopic (exact) mass is 377 g/mol. The minimum absolute atomic E-state index is 0.0189. The maximum Gasteiger partial charge on any atom is 0.269 e. The van der Waals surface area contributed by atoms with E-state index in [0.717, 1.165) is 0 Å². The van der Waals surface area contributed by atoms with E-state index < -0.39 is 29.5 Å². The van der Waals surface area contributed by atoms with Crippen LogP contribution in [0.4, 0.5) is 5.69 Å². The third-order valence-electron chi connectivity index (χ3n) is 3.85. The van der Waals surface area contributed by atoms with E-state index in [-0.39, 0.29) is 18.1 Å². The van der Waals surface area contributed by atoms with Crippen LogP contribution in [0, 0.1) is 10.1 Å². The Morgan fingerprint density at radius 2 is 1.48 bits per heavy atom. The molecule has 9 heteroatoms. The van der Waals surface area contributed by atoms with Gasteiger partial charge >= 0.3 is 0 Å². The Morgan fingerprint density at radius 3 is 2.00 bits per heavy atom. The standard InChI is InChI=1S/C13H9NO3.C5H10O5/c15-13(10-4-2-1-3-5-10)11-6-8-12(9-7-11)14(16)17;6-2-1-10-5(9)4(8)3(2)7/h1-9H;2-9H,1H2/t;2-,3-,4+,5-/m.0/s1. The number of nitro groups is 1. The summed E-state index contributed by atoms with van der Waals surface area (Å²) in [4.78, 5) is 21.9. The molecular weight excluding hydrogens is 358 g/mol. The molecule has 3 rings (SSSR count). The summed E-state index contributed by atoms with van der Waals surface area (Å²) in [6, 6.07) is 14.4. The van der Waals surface area contributed by atoms with Crippen molar-refractivity contribution in [3.63, 3.8) is 0 Å². The number of benzene rings is 2. The van der Waals surface area contributed by atoms with E-state index in [2.05, 4.69) is 4.74 Å². The van der Waals surface area contributed by atoms with Gasteiger partial charge in [-0.2, -0.15) is 0 Å². The number of aliphatic hydroxyl groups excluding tert-OH is 4. The summed E-state index contributed by atoms with van der Waals surface area (Å²) in [6.45, 7) is -0.153. The number of aliphatic hydroxyl groups is 4. The van der Waals surface area contributed by atoms with E-state index in [1.807, 2.05) is 6.07 Å². The molecule has 1 aliphatic heterocycles. The molecule has 1 aliphatic rings. The number of carbonyl (C=O) groups excluding carboxylic acids is 1. The number of ketones is 1. The maximum absolute atomic E-state index is 12.0. The van der Waals surface area contributed by atoms with E-state index >= 15 is 0 Å². The molecule has 0 saturated carbocycles. The van der Waals surface area contributed by atoms with Crippen LogP contribution in [0.25, 0.3) is 0 Å². The summed E-state index contributed by atoms with van der Waals surface area (Å²) in [5.74, 6) is -0.138. The first-order valence-corrected chi connectivity index (χ1v) is 7.99. The molecule has 2 aromatic carbocycles. The molecule has 144 valence electrons. The van der Waals surface area contributed by atoms with Crippen molar-refractivity contribution in [3.05, 3.63) is 75.8 Å². The van der Waals surface area contributed by atoms with Crippen LogP contribution in [0.1, 0.15) is 15.9 Å². The van der Waals surface area contributed by atoms with Crippen molar-refractivity contribution in [1.29, 1.82) is 0 Å². The van der Waals surface area contributed by atoms with Crippen LogP contribution < -0.4 is 0 Å². The second-order valence-corrected chi connectivity index (χ2v) is 5.77. The number of non-ortho nitro benzene ring substituents is 1. The lowest BCUT2D eigenvalue weighted by Gasteiger charge is -2.31. The molecule has 0 radical (unpaired) electrons. The molecule has 27 heavy (non-hydrogen) atoms. The fourth-order valence-corrected chi connectivity index (χ4v) is 2.28. The number of nitro benzene ring substituents is 1. The van der Waals surface area contributed by atoms with Gasteiger partial charge in [-0.3, -0.25) is 14.9 Å². The van der Waals surface area contributed by atoms with Gasteiger partial charge in [0.15, 0.2) is 12.1 Å². The molecule has 4 N–H and O–H groups in total. The molecule has 0 bridgehead atoms. The molecule has 0 aromatic heterocycles. The predicted octanol–water partition coefficient (Wildman–Crippen LogP) is 0.243. The quantitative estimate of drug-likeness (QED) is 0.337. The zero-order valence-electron chi connectivity index (χ0n) is 14.1. The van der Waals surface area contributed by atoms with Gasteiger partial charge in [0, 0.05) is 23.3 Å². The number of hydrogen-bond donors (Lipinski definition) is 4.